The summed E-state index contributed by atoms with van der Waals surface area (Å²) in [7, 11) is 0. The van der Waals surface area contributed by atoms with Crippen molar-refractivity contribution in [1.29, 1.82) is 0 Å². The average molecular weight is 388 g/mol. The van der Waals surface area contributed by atoms with Crippen LogP contribution >= 0.6 is 39.1 Å². The maximum absolute atomic E-state index is 6.00. The zero-order chi connectivity index (χ0) is 14.8. The van der Waals surface area contributed by atoms with Crippen molar-refractivity contribution < 1.29 is 4.74 Å². The van der Waals surface area contributed by atoms with Crippen LogP contribution in [-0.2, 0) is 6.54 Å². The summed E-state index contributed by atoms with van der Waals surface area (Å²) in [4.78, 5) is 4.34. The van der Waals surface area contributed by atoms with Crippen molar-refractivity contribution in [2.75, 3.05) is 0 Å². The van der Waals surface area contributed by atoms with Gasteiger partial charge in [-0.05, 0) is 47.0 Å². The van der Waals surface area contributed by atoms with Gasteiger partial charge in [-0.3, -0.25) is 0 Å². The highest BCUT2D eigenvalue weighted by molar-refractivity contribution is 9.10. The predicted octanol–water partition coefficient (Wildman–Crippen LogP) is 5.20. The van der Waals surface area contributed by atoms with E-state index in [4.69, 9.17) is 27.9 Å². The van der Waals surface area contributed by atoms with E-state index in [1.807, 2.05) is 6.07 Å². The monoisotopic (exact) mass is 386 g/mol. The van der Waals surface area contributed by atoms with E-state index in [0.29, 0.717) is 27.7 Å². The fourth-order valence-corrected chi connectivity index (χ4v) is 2.55. The highest BCUT2D eigenvalue weighted by Gasteiger charge is 2.21. The molecular weight excluding hydrogens is 375 g/mol. The Kier molecular flexibility index (Phi) is 4.69. The Morgan fingerprint density at radius 3 is 2.76 bits per heavy atom. The molecule has 1 aliphatic rings. The molecule has 21 heavy (non-hydrogen) atoms. The predicted molar refractivity (Wildman–Crippen MR) is 88.3 cm³/mol. The standard InChI is InChI=1S/C15H13BrCl2N2O/c16-10-5-9(7-19-11-1-2-11)15(20-8-10)21-12-3-4-13(17)14(18)6-12/h3-6,8,11,19H,1-2,7H2. The fourth-order valence-electron chi connectivity index (χ4n) is 1.88. The zero-order valence-electron chi connectivity index (χ0n) is 11.1. The van der Waals surface area contributed by atoms with Crippen LogP contribution in [0.4, 0.5) is 0 Å². The Bertz CT molecular complexity index is 662. The van der Waals surface area contributed by atoms with Crippen LogP contribution in [0, 0.1) is 0 Å². The molecule has 0 saturated heterocycles. The highest BCUT2D eigenvalue weighted by atomic mass is 79.9. The van der Waals surface area contributed by atoms with Crippen LogP contribution in [0.2, 0.25) is 10.0 Å². The molecule has 0 spiro atoms. The Morgan fingerprint density at radius 1 is 1.24 bits per heavy atom. The van der Waals surface area contributed by atoms with Crippen molar-refractivity contribution in [3.05, 3.63) is 50.5 Å². The van der Waals surface area contributed by atoms with Gasteiger partial charge in [0.2, 0.25) is 5.88 Å². The molecule has 0 aliphatic heterocycles. The molecule has 0 radical (unpaired) electrons. The summed E-state index contributed by atoms with van der Waals surface area (Å²) in [5, 5.41) is 4.42. The first kappa shape index (κ1) is 15.1. The molecule has 0 bridgehead atoms. The molecule has 0 amide bonds. The lowest BCUT2D eigenvalue weighted by Gasteiger charge is -2.11. The molecule has 1 heterocycles. The van der Waals surface area contributed by atoms with Crippen molar-refractivity contribution in [2.45, 2.75) is 25.4 Å². The molecule has 1 aromatic heterocycles. The van der Waals surface area contributed by atoms with Crippen LogP contribution in [-0.4, -0.2) is 11.0 Å². The maximum atomic E-state index is 6.00. The van der Waals surface area contributed by atoms with Crippen LogP contribution in [0.1, 0.15) is 18.4 Å². The molecule has 3 rings (SSSR count). The van der Waals surface area contributed by atoms with Gasteiger partial charge in [-0.1, -0.05) is 23.2 Å². The Balaban J connectivity index is 1.80. The van der Waals surface area contributed by atoms with Gasteiger partial charge in [-0.25, -0.2) is 4.98 Å². The van der Waals surface area contributed by atoms with Crippen LogP contribution in [0.25, 0.3) is 0 Å². The van der Waals surface area contributed by atoms with Gasteiger partial charge < -0.3 is 10.1 Å². The molecule has 1 fully saturated rings. The van der Waals surface area contributed by atoms with Gasteiger partial charge in [0.25, 0.3) is 0 Å². The fraction of sp³-hybridized carbons (Fsp3) is 0.267. The van der Waals surface area contributed by atoms with Gasteiger partial charge in [0.05, 0.1) is 10.0 Å². The second-order valence-corrected chi connectivity index (χ2v) is 6.68. The topological polar surface area (TPSA) is 34.1 Å². The third kappa shape index (κ3) is 4.10. The quantitative estimate of drug-likeness (QED) is 0.765. The third-order valence-corrected chi connectivity index (χ3v) is 4.33. The third-order valence-electron chi connectivity index (χ3n) is 3.16. The SMILES string of the molecule is Clc1ccc(Oc2ncc(Br)cc2CNC2CC2)cc1Cl. The molecule has 6 heteroatoms. The maximum Gasteiger partial charge on any atom is 0.223 e. The second kappa shape index (κ2) is 6.53. The minimum Gasteiger partial charge on any atom is -0.439 e. The second-order valence-electron chi connectivity index (χ2n) is 4.95. The molecule has 0 unspecified atom stereocenters. The van der Waals surface area contributed by atoms with Crippen LogP contribution in [0.5, 0.6) is 11.6 Å². The van der Waals surface area contributed by atoms with Crippen molar-refractivity contribution in [2.24, 2.45) is 0 Å². The Labute approximate surface area is 141 Å². The average Bonchev–Trinajstić information content (AvgIpc) is 3.27. The molecule has 1 N–H and O–H groups in total. The molecule has 2 aromatic rings. The molecule has 1 aromatic carbocycles. The smallest absolute Gasteiger partial charge is 0.223 e. The van der Waals surface area contributed by atoms with Crippen molar-refractivity contribution in [3.8, 4) is 11.6 Å². The molecular formula is C15H13BrCl2N2O. The highest BCUT2D eigenvalue weighted by Crippen LogP contribution is 2.31. The summed E-state index contributed by atoms with van der Waals surface area (Å²) in [6, 6.07) is 7.80. The molecule has 110 valence electrons. The zero-order valence-corrected chi connectivity index (χ0v) is 14.2. The normalized spacial score (nSPS) is 14.2. The number of nitrogens with zero attached hydrogens (tertiary/aromatic N) is 1. The van der Waals surface area contributed by atoms with Crippen LogP contribution < -0.4 is 10.1 Å². The van der Waals surface area contributed by atoms with Crippen LogP contribution in [0.15, 0.2) is 34.9 Å². The summed E-state index contributed by atoms with van der Waals surface area (Å²) in [5.74, 6) is 1.19. The molecule has 1 saturated carbocycles. The number of halogens is 3. The van der Waals surface area contributed by atoms with Gasteiger partial charge in [0, 0.05) is 34.9 Å². The lowest BCUT2D eigenvalue weighted by atomic mass is 10.2. The number of nitrogens with one attached hydrogen (secondary N) is 1. The van der Waals surface area contributed by atoms with E-state index in [-0.39, 0.29) is 0 Å². The Hall–Kier alpha value is -0.810. The van der Waals surface area contributed by atoms with Crippen LogP contribution in [0.3, 0.4) is 0 Å². The van der Waals surface area contributed by atoms with E-state index in [1.54, 1.807) is 24.4 Å². The van der Waals surface area contributed by atoms with E-state index < -0.39 is 0 Å². The summed E-state index contributed by atoms with van der Waals surface area (Å²) in [6.45, 7) is 0.730. The van der Waals surface area contributed by atoms with Gasteiger partial charge in [0.1, 0.15) is 5.75 Å². The molecule has 3 nitrogen and oxygen atoms in total. The Morgan fingerprint density at radius 2 is 2.05 bits per heavy atom. The van der Waals surface area contributed by atoms with Gasteiger partial charge >= 0.3 is 0 Å². The largest absolute Gasteiger partial charge is 0.439 e. The first-order valence-corrected chi connectivity index (χ1v) is 8.17. The number of rotatable bonds is 5. The summed E-state index contributed by atoms with van der Waals surface area (Å²) in [5.41, 5.74) is 1.00. The van der Waals surface area contributed by atoms with Crippen molar-refractivity contribution in [1.82, 2.24) is 10.3 Å². The summed E-state index contributed by atoms with van der Waals surface area (Å²) < 4.78 is 6.77. The van der Waals surface area contributed by atoms with Gasteiger partial charge in [-0.15, -0.1) is 0 Å². The molecule has 0 atom stereocenters. The van der Waals surface area contributed by atoms with Crippen molar-refractivity contribution >= 4 is 39.1 Å². The summed E-state index contributed by atoms with van der Waals surface area (Å²) >= 11 is 15.4. The number of hydrogen-bond donors (Lipinski definition) is 1. The van der Waals surface area contributed by atoms with E-state index in [9.17, 15) is 0 Å². The van der Waals surface area contributed by atoms with E-state index >= 15 is 0 Å². The summed E-state index contributed by atoms with van der Waals surface area (Å²) in [6.07, 6.45) is 4.20. The van der Waals surface area contributed by atoms with Gasteiger partial charge in [0.15, 0.2) is 0 Å². The lowest BCUT2D eigenvalue weighted by Crippen LogP contribution is -2.16. The number of hydrogen-bond acceptors (Lipinski definition) is 3. The van der Waals surface area contributed by atoms with E-state index in [0.717, 1.165) is 16.6 Å². The minimum absolute atomic E-state index is 0.462. The number of aromatic nitrogens is 1. The minimum atomic E-state index is 0.462. The van der Waals surface area contributed by atoms with E-state index in [2.05, 4.69) is 26.2 Å². The van der Waals surface area contributed by atoms with Gasteiger partial charge in [-0.2, -0.15) is 0 Å². The first-order valence-electron chi connectivity index (χ1n) is 6.62. The number of benzene rings is 1. The first-order chi connectivity index (χ1) is 10.1. The number of ether oxygens (including phenoxy) is 1. The van der Waals surface area contributed by atoms with Crippen molar-refractivity contribution in [3.63, 3.8) is 0 Å². The molecule has 1 aliphatic carbocycles. The van der Waals surface area contributed by atoms with E-state index in [1.165, 1.54) is 12.8 Å². The lowest BCUT2D eigenvalue weighted by molar-refractivity contribution is 0.452. The number of pyridine rings is 1.